The van der Waals surface area contributed by atoms with E-state index in [4.69, 9.17) is 23.2 Å². The predicted molar refractivity (Wildman–Crippen MR) is 130 cm³/mol. The first-order valence-electron chi connectivity index (χ1n) is 10.6. The Morgan fingerprint density at radius 3 is 1.97 bits per heavy atom. The number of halogens is 2. The summed E-state index contributed by atoms with van der Waals surface area (Å²) in [5.74, 6) is -0.401. The summed E-state index contributed by atoms with van der Waals surface area (Å²) >= 11 is 12.7. The van der Waals surface area contributed by atoms with Crippen molar-refractivity contribution in [3.8, 4) is 0 Å². The number of carbonyl (C=O) groups excluding carboxylic acids is 2. The highest BCUT2D eigenvalue weighted by Gasteiger charge is 2.30. The molecule has 0 radical (unpaired) electrons. The van der Waals surface area contributed by atoms with Crippen LogP contribution in [0.3, 0.4) is 0 Å². The first-order chi connectivity index (χ1) is 15.5. The molecular weight excluding hydrogens is 443 g/mol. The van der Waals surface area contributed by atoms with Crippen molar-refractivity contribution >= 4 is 35.0 Å². The number of rotatable bonds is 9. The van der Waals surface area contributed by atoms with Crippen LogP contribution in [0.1, 0.15) is 23.6 Å². The van der Waals surface area contributed by atoms with Gasteiger partial charge in [0.15, 0.2) is 0 Å². The van der Waals surface area contributed by atoms with Crippen LogP contribution < -0.4 is 5.32 Å². The highest BCUT2D eigenvalue weighted by molar-refractivity contribution is 6.36. The van der Waals surface area contributed by atoms with Gasteiger partial charge in [-0.3, -0.25) is 9.59 Å². The zero-order valence-electron chi connectivity index (χ0n) is 17.9. The number of carbonyl (C=O) groups is 2. The molecule has 166 valence electrons. The average Bonchev–Trinajstić information content (AvgIpc) is 2.80. The Kier molecular flexibility index (Phi) is 8.72. The van der Waals surface area contributed by atoms with E-state index in [9.17, 15) is 9.59 Å². The largest absolute Gasteiger partial charge is 0.355 e. The molecule has 0 aliphatic rings. The topological polar surface area (TPSA) is 49.4 Å². The predicted octanol–water partition coefficient (Wildman–Crippen LogP) is 5.31. The standard InChI is InChI=1S/C26H26Cl2N2O2/c1-2-29-26(32)24(16-19-10-5-3-6-11-19)30(18-20-12-7-4-8-13-20)25(31)17-21-22(27)14-9-15-23(21)28/h3-15,24H,2,16-18H2,1H3,(H,29,32)/t24-/m1/s1. The zero-order valence-corrected chi connectivity index (χ0v) is 19.4. The van der Waals surface area contributed by atoms with Crippen LogP contribution in [-0.2, 0) is 29.0 Å². The molecule has 3 rings (SSSR count). The van der Waals surface area contributed by atoms with Gasteiger partial charge in [-0.1, -0.05) is 89.9 Å². The molecule has 32 heavy (non-hydrogen) atoms. The Hall–Kier alpha value is -2.82. The molecule has 3 aromatic carbocycles. The van der Waals surface area contributed by atoms with Crippen LogP contribution >= 0.6 is 23.2 Å². The Bertz CT molecular complexity index is 1020. The maximum absolute atomic E-state index is 13.6. The van der Waals surface area contributed by atoms with E-state index in [1.54, 1.807) is 23.1 Å². The van der Waals surface area contributed by atoms with Gasteiger partial charge in [0.25, 0.3) is 0 Å². The minimum atomic E-state index is -0.675. The number of benzene rings is 3. The molecular formula is C26H26Cl2N2O2. The van der Waals surface area contributed by atoms with Gasteiger partial charge in [-0.2, -0.15) is 0 Å². The fourth-order valence-electron chi connectivity index (χ4n) is 3.58. The van der Waals surface area contributed by atoms with Crippen LogP contribution in [0.2, 0.25) is 10.0 Å². The number of likely N-dealkylation sites (N-methyl/N-ethyl adjacent to an activating group) is 1. The Morgan fingerprint density at radius 2 is 1.41 bits per heavy atom. The van der Waals surface area contributed by atoms with Gasteiger partial charge >= 0.3 is 0 Å². The third kappa shape index (κ3) is 6.35. The normalized spacial score (nSPS) is 11.6. The summed E-state index contributed by atoms with van der Waals surface area (Å²) in [6, 6.07) is 23.8. The Balaban J connectivity index is 1.97. The lowest BCUT2D eigenvalue weighted by Crippen LogP contribution is -2.51. The van der Waals surface area contributed by atoms with Crippen LogP contribution in [0.25, 0.3) is 0 Å². The molecule has 6 heteroatoms. The van der Waals surface area contributed by atoms with Crippen molar-refractivity contribution < 1.29 is 9.59 Å². The summed E-state index contributed by atoms with van der Waals surface area (Å²) in [6.45, 7) is 2.65. The summed E-state index contributed by atoms with van der Waals surface area (Å²) in [5, 5.41) is 3.76. The maximum atomic E-state index is 13.6. The van der Waals surface area contributed by atoms with Crippen molar-refractivity contribution in [1.29, 1.82) is 0 Å². The quantitative estimate of drug-likeness (QED) is 0.462. The van der Waals surface area contributed by atoms with Crippen LogP contribution in [0.15, 0.2) is 78.9 Å². The molecule has 1 atom stereocenters. The molecule has 1 N–H and O–H groups in total. The Morgan fingerprint density at radius 1 is 0.844 bits per heavy atom. The molecule has 0 unspecified atom stereocenters. The summed E-state index contributed by atoms with van der Waals surface area (Å²) in [7, 11) is 0. The fourth-order valence-corrected chi connectivity index (χ4v) is 4.11. The monoisotopic (exact) mass is 468 g/mol. The number of nitrogens with one attached hydrogen (secondary N) is 1. The number of hydrogen-bond acceptors (Lipinski definition) is 2. The zero-order chi connectivity index (χ0) is 22.9. The highest BCUT2D eigenvalue weighted by atomic mass is 35.5. The fraction of sp³-hybridized carbons (Fsp3) is 0.231. The van der Waals surface area contributed by atoms with Crippen LogP contribution in [-0.4, -0.2) is 29.3 Å². The maximum Gasteiger partial charge on any atom is 0.243 e. The second-order valence-corrected chi connectivity index (χ2v) is 8.30. The van der Waals surface area contributed by atoms with Crippen LogP contribution in [0.4, 0.5) is 0 Å². The third-order valence-corrected chi connectivity index (χ3v) is 5.92. The molecule has 3 aromatic rings. The van der Waals surface area contributed by atoms with Crippen molar-refractivity contribution in [2.24, 2.45) is 0 Å². The highest BCUT2D eigenvalue weighted by Crippen LogP contribution is 2.26. The van der Waals surface area contributed by atoms with Gasteiger partial charge in [0.1, 0.15) is 6.04 Å². The Labute approximate surface area is 199 Å². The minimum Gasteiger partial charge on any atom is -0.355 e. The van der Waals surface area contributed by atoms with Crippen molar-refractivity contribution in [3.63, 3.8) is 0 Å². The molecule has 0 aliphatic heterocycles. The number of nitrogens with zero attached hydrogens (tertiary/aromatic N) is 1. The van der Waals surface area contributed by atoms with E-state index in [1.807, 2.05) is 67.6 Å². The molecule has 0 fully saturated rings. The van der Waals surface area contributed by atoms with Crippen LogP contribution in [0.5, 0.6) is 0 Å². The average molecular weight is 469 g/mol. The second-order valence-electron chi connectivity index (χ2n) is 7.48. The van der Waals surface area contributed by atoms with Gasteiger partial charge in [-0.25, -0.2) is 0 Å². The van der Waals surface area contributed by atoms with Gasteiger partial charge in [-0.15, -0.1) is 0 Å². The molecule has 0 heterocycles. The van der Waals surface area contributed by atoms with Crippen molar-refractivity contribution in [1.82, 2.24) is 10.2 Å². The number of hydrogen-bond donors (Lipinski definition) is 1. The van der Waals surface area contributed by atoms with E-state index in [2.05, 4.69) is 5.32 Å². The van der Waals surface area contributed by atoms with E-state index in [-0.39, 0.29) is 18.2 Å². The van der Waals surface area contributed by atoms with E-state index < -0.39 is 6.04 Å². The molecule has 4 nitrogen and oxygen atoms in total. The molecule has 2 amide bonds. The van der Waals surface area contributed by atoms with E-state index >= 15 is 0 Å². The summed E-state index contributed by atoms with van der Waals surface area (Å²) in [4.78, 5) is 28.3. The first-order valence-corrected chi connectivity index (χ1v) is 11.3. The second kappa shape index (κ2) is 11.7. The summed E-state index contributed by atoms with van der Waals surface area (Å²) in [5.41, 5.74) is 2.48. The molecule has 0 saturated heterocycles. The molecule has 0 bridgehead atoms. The lowest BCUT2D eigenvalue weighted by atomic mass is 10.0. The van der Waals surface area contributed by atoms with Crippen molar-refractivity contribution in [3.05, 3.63) is 106 Å². The SMILES string of the molecule is CCNC(=O)[C@@H](Cc1ccccc1)N(Cc1ccccc1)C(=O)Cc1c(Cl)cccc1Cl. The van der Waals surface area contributed by atoms with Gasteiger partial charge in [-0.05, 0) is 35.7 Å². The van der Waals surface area contributed by atoms with Gasteiger partial charge in [0.05, 0.1) is 6.42 Å². The first kappa shape index (κ1) is 23.8. The van der Waals surface area contributed by atoms with Gasteiger partial charge in [0, 0.05) is 29.6 Å². The van der Waals surface area contributed by atoms with E-state index in [0.717, 1.165) is 11.1 Å². The van der Waals surface area contributed by atoms with Crippen LogP contribution in [0, 0.1) is 0 Å². The summed E-state index contributed by atoms with van der Waals surface area (Å²) in [6.07, 6.45) is 0.414. The smallest absolute Gasteiger partial charge is 0.243 e. The molecule has 0 spiro atoms. The summed E-state index contributed by atoms with van der Waals surface area (Å²) < 4.78 is 0. The minimum absolute atomic E-state index is 0.00996. The van der Waals surface area contributed by atoms with E-state index in [0.29, 0.717) is 35.1 Å². The lowest BCUT2D eigenvalue weighted by molar-refractivity contribution is -0.140. The molecule has 0 saturated carbocycles. The van der Waals surface area contributed by atoms with Crippen molar-refractivity contribution in [2.45, 2.75) is 32.4 Å². The lowest BCUT2D eigenvalue weighted by Gasteiger charge is -2.31. The third-order valence-electron chi connectivity index (χ3n) is 5.21. The molecule has 0 aliphatic carbocycles. The molecule has 0 aromatic heterocycles. The van der Waals surface area contributed by atoms with Gasteiger partial charge in [0.2, 0.25) is 11.8 Å². The van der Waals surface area contributed by atoms with Crippen molar-refractivity contribution in [2.75, 3.05) is 6.54 Å². The number of amides is 2. The van der Waals surface area contributed by atoms with E-state index in [1.165, 1.54) is 0 Å². The van der Waals surface area contributed by atoms with Gasteiger partial charge < -0.3 is 10.2 Å².